The molecule has 1 saturated heterocycles. The molecule has 2 saturated carbocycles. The van der Waals surface area contributed by atoms with Crippen molar-refractivity contribution >= 4 is 47.0 Å². The lowest BCUT2D eigenvalue weighted by atomic mass is 10.1. The molecular formula is C31H35N11O3. The number of carbonyl (C=O) groups is 3. The highest BCUT2D eigenvalue weighted by molar-refractivity contribution is 6.13. The fourth-order valence-corrected chi connectivity index (χ4v) is 5.35. The molecule has 232 valence electrons. The number of rotatable bonds is 8. The van der Waals surface area contributed by atoms with Gasteiger partial charge < -0.3 is 15.5 Å². The molecule has 0 aromatic carbocycles. The molecule has 2 atom stereocenters. The summed E-state index contributed by atoms with van der Waals surface area (Å²) in [6, 6.07) is 3.41. The number of likely N-dealkylation sites (N-methyl/N-ethyl adjacent to an activating group) is 1. The lowest BCUT2D eigenvalue weighted by molar-refractivity contribution is -0.124. The van der Waals surface area contributed by atoms with Gasteiger partial charge in [0, 0.05) is 49.4 Å². The van der Waals surface area contributed by atoms with Crippen LogP contribution in [0.2, 0.25) is 0 Å². The van der Waals surface area contributed by atoms with Crippen molar-refractivity contribution < 1.29 is 14.4 Å². The maximum absolute atomic E-state index is 13.0. The molecule has 7 rings (SSSR count). The topological polar surface area (TPSA) is 177 Å². The number of nitrogens with one attached hydrogen (secondary N) is 1. The van der Waals surface area contributed by atoms with Gasteiger partial charge >= 0.3 is 6.03 Å². The Morgan fingerprint density at radius 3 is 2.67 bits per heavy atom. The molecule has 4 amide bonds. The monoisotopic (exact) mass is 609 g/mol. The van der Waals surface area contributed by atoms with Crippen LogP contribution in [0, 0.1) is 12.8 Å². The van der Waals surface area contributed by atoms with Crippen LogP contribution in [0.4, 0.5) is 22.1 Å². The summed E-state index contributed by atoms with van der Waals surface area (Å²) in [5.41, 5.74) is 10.3. The molecule has 1 aliphatic heterocycles. The average molecular weight is 610 g/mol. The quantitative estimate of drug-likeness (QED) is 0.224. The average Bonchev–Trinajstić information content (AvgIpc) is 3.96. The van der Waals surface area contributed by atoms with E-state index in [1.807, 2.05) is 49.7 Å². The van der Waals surface area contributed by atoms with Crippen LogP contribution in [-0.4, -0.2) is 71.9 Å². The van der Waals surface area contributed by atoms with Crippen molar-refractivity contribution in [3.05, 3.63) is 65.4 Å². The highest BCUT2D eigenvalue weighted by atomic mass is 16.2. The molecule has 2 unspecified atom stereocenters. The summed E-state index contributed by atoms with van der Waals surface area (Å²) < 4.78 is 1.89. The van der Waals surface area contributed by atoms with Crippen LogP contribution in [0.3, 0.4) is 0 Å². The van der Waals surface area contributed by atoms with E-state index in [2.05, 4.69) is 30.2 Å². The van der Waals surface area contributed by atoms with E-state index in [1.54, 1.807) is 6.20 Å². The minimum Gasteiger partial charge on any atom is -0.383 e. The summed E-state index contributed by atoms with van der Waals surface area (Å²) in [6.07, 6.45) is 11.2. The first-order chi connectivity index (χ1) is 21.8. The second kappa shape index (κ2) is 12.0. The van der Waals surface area contributed by atoms with Crippen molar-refractivity contribution in [2.24, 2.45) is 10.9 Å². The van der Waals surface area contributed by atoms with E-state index >= 15 is 0 Å². The summed E-state index contributed by atoms with van der Waals surface area (Å²) in [4.78, 5) is 67.0. The van der Waals surface area contributed by atoms with Crippen molar-refractivity contribution in [1.29, 1.82) is 0 Å². The molecule has 45 heavy (non-hydrogen) atoms. The molecule has 3 aliphatic rings. The van der Waals surface area contributed by atoms with Crippen LogP contribution in [0.25, 0.3) is 5.65 Å². The Labute approximate surface area is 259 Å². The van der Waals surface area contributed by atoms with E-state index < -0.39 is 0 Å². The van der Waals surface area contributed by atoms with Gasteiger partial charge in [-0.15, -0.1) is 0 Å². The minimum atomic E-state index is -0.375. The first kappa shape index (κ1) is 29.8. The van der Waals surface area contributed by atoms with Gasteiger partial charge in [-0.2, -0.15) is 0 Å². The number of imidazole rings is 1. The van der Waals surface area contributed by atoms with E-state index in [1.165, 1.54) is 24.5 Å². The Kier molecular flexibility index (Phi) is 7.96. The number of aromatic nitrogens is 6. The molecule has 0 spiro atoms. The van der Waals surface area contributed by atoms with Crippen LogP contribution >= 0.6 is 0 Å². The van der Waals surface area contributed by atoms with Gasteiger partial charge in [0.25, 0.3) is 0 Å². The maximum Gasteiger partial charge on any atom is 0.331 e. The molecule has 0 radical (unpaired) electrons. The fourth-order valence-electron chi connectivity index (χ4n) is 5.35. The number of aryl methyl sites for hydroxylation is 1. The van der Waals surface area contributed by atoms with E-state index in [0.717, 1.165) is 29.0 Å². The standard InChI is InChI=1S/C29H29N11O3.C2H6/c1-15-5-6-32-25(35-15)19-8-20(19)28(42)37-26-21(24(30)33-14-34-26)10-31-9-18-12-39-11-17(16-3-4-16)7-22(27(39)36-18)40-13-23(41)38(2)29(40)43;1-2/h5-7,10-12,14,16,19-20H,3-4,8-9,13H2,1-2H3,(H3,30,33,34,37,42);1-2H3. The molecular weight excluding hydrogens is 574 g/mol. The summed E-state index contributed by atoms with van der Waals surface area (Å²) in [5, 5.41) is 2.86. The van der Waals surface area contributed by atoms with Crippen LogP contribution in [0.1, 0.15) is 73.3 Å². The molecule has 3 N–H and O–H groups in total. The Hall–Kier alpha value is -5.27. The van der Waals surface area contributed by atoms with E-state index in [-0.39, 0.29) is 54.4 Å². The Balaban J connectivity index is 0.00000175. The van der Waals surface area contributed by atoms with Crippen molar-refractivity contribution in [3.8, 4) is 0 Å². The highest BCUT2D eigenvalue weighted by Crippen LogP contribution is 2.46. The number of nitrogen functional groups attached to an aromatic ring is 1. The maximum atomic E-state index is 13.0. The first-order valence-electron chi connectivity index (χ1n) is 15.1. The Morgan fingerprint density at radius 2 is 1.96 bits per heavy atom. The van der Waals surface area contributed by atoms with Gasteiger partial charge in [-0.05, 0) is 49.8 Å². The first-order valence-corrected chi connectivity index (χ1v) is 15.1. The molecule has 14 nitrogen and oxygen atoms in total. The molecule has 14 heteroatoms. The van der Waals surface area contributed by atoms with Gasteiger partial charge in [0.2, 0.25) is 11.8 Å². The zero-order chi connectivity index (χ0) is 31.8. The van der Waals surface area contributed by atoms with Crippen molar-refractivity contribution in [2.75, 3.05) is 29.5 Å². The molecule has 0 bridgehead atoms. The summed E-state index contributed by atoms with van der Waals surface area (Å²) >= 11 is 0. The fraction of sp³-hybridized carbons (Fsp3) is 0.387. The number of nitrogens with two attached hydrogens (primary N) is 1. The number of carbonyl (C=O) groups excluding carboxylic acids is 3. The number of anilines is 3. The normalized spacial score (nSPS) is 19.3. The lowest BCUT2D eigenvalue weighted by Crippen LogP contribution is -2.30. The zero-order valence-electron chi connectivity index (χ0n) is 25.6. The van der Waals surface area contributed by atoms with Crippen molar-refractivity contribution in [3.63, 3.8) is 0 Å². The second-order valence-electron chi connectivity index (χ2n) is 11.2. The number of amides is 4. The van der Waals surface area contributed by atoms with E-state index in [4.69, 9.17) is 10.7 Å². The largest absolute Gasteiger partial charge is 0.383 e. The molecule has 2 aliphatic carbocycles. The number of hydrogen-bond donors (Lipinski definition) is 2. The van der Waals surface area contributed by atoms with Gasteiger partial charge in [0.1, 0.15) is 30.3 Å². The van der Waals surface area contributed by atoms with E-state index in [9.17, 15) is 14.4 Å². The molecule has 5 heterocycles. The number of urea groups is 1. The van der Waals surface area contributed by atoms with Gasteiger partial charge in [-0.1, -0.05) is 13.8 Å². The molecule has 3 fully saturated rings. The number of pyridine rings is 1. The summed E-state index contributed by atoms with van der Waals surface area (Å²) in [6.45, 7) is 6.06. The minimum absolute atomic E-state index is 0.0269. The molecule has 4 aromatic rings. The number of imide groups is 1. The Bertz CT molecular complexity index is 1830. The highest BCUT2D eigenvalue weighted by Gasteiger charge is 2.46. The predicted octanol–water partition coefficient (Wildman–Crippen LogP) is 3.47. The smallest absolute Gasteiger partial charge is 0.331 e. The van der Waals surface area contributed by atoms with Crippen LogP contribution in [-0.2, 0) is 16.1 Å². The van der Waals surface area contributed by atoms with E-state index in [0.29, 0.717) is 40.8 Å². The third kappa shape index (κ3) is 5.95. The van der Waals surface area contributed by atoms with Gasteiger partial charge in [0.05, 0.1) is 23.5 Å². The summed E-state index contributed by atoms with van der Waals surface area (Å²) in [7, 11) is 1.48. The van der Waals surface area contributed by atoms with Gasteiger partial charge in [-0.25, -0.2) is 29.7 Å². The predicted molar refractivity (Wildman–Crippen MR) is 168 cm³/mol. The van der Waals surface area contributed by atoms with Crippen LogP contribution < -0.4 is 16.0 Å². The number of hydrogen-bond acceptors (Lipinski definition) is 10. The number of aliphatic imine (C=N–C) groups is 1. The Morgan fingerprint density at radius 1 is 1.16 bits per heavy atom. The number of fused-ring (bicyclic) bond motifs is 1. The van der Waals surface area contributed by atoms with Crippen molar-refractivity contribution in [2.45, 2.75) is 58.4 Å². The third-order valence-electron chi connectivity index (χ3n) is 8.03. The van der Waals surface area contributed by atoms with Gasteiger partial charge in [-0.3, -0.25) is 24.4 Å². The second-order valence-corrected chi connectivity index (χ2v) is 11.2. The lowest BCUT2D eigenvalue weighted by Gasteiger charge is -2.17. The van der Waals surface area contributed by atoms with Crippen LogP contribution in [0.5, 0.6) is 0 Å². The zero-order valence-corrected chi connectivity index (χ0v) is 25.6. The number of nitrogens with zero attached hydrogens (tertiary/aromatic N) is 9. The SMILES string of the molecule is CC.Cc1ccnc(C2CC2C(=O)Nc2ncnc(N)c2C=NCc2cn3cc(C4CC4)cc(N4CC(=O)N(C)C4=O)c3n2)n1. The van der Waals surface area contributed by atoms with Crippen molar-refractivity contribution in [1.82, 2.24) is 34.2 Å². The molecule has 4 aromatic heterocycles. The summed E-state index contributed by atoms with van der Waals surface area (Å²) in [5.74, 6) is 0.796. The van der Waals surface area contributed by atoms with Gasteiger partial charge in [0.15, 0.2) is 5.65 Å². The third-order valence-corrected chi connectivity index (χ3v) is 8.03. The van der Waals surface area contributed by atoms with Crippen LogP contribution in [0.15, 0.2) is 42.0 Å².